The van der Waals surface area contributed by atoms with E-state index in [-0.39, 0.29) is 0 Å². The molecule has 0 saturated carbocycles. The van der Waals surface area contributed by atoms with Gasteiger partial charge in [-0.3, -0.25) is 0 Å². The van der Waals surface area contributed by atoms with E-state index >= 15 is 0 Å². The molecule has 0 unspecified atom stereocenters. The molecule has 5 heteroatoms. The first kappa shape index (κ1) is 14.1. The molecule has 4 rings (SSSR count). The minimum atomic E-state index is 0.598. The summed E-state index contributed by atoms with van der Waals surface area (Å²) in [5, 5.41) is 4.30. The molecule has 0 spiro atoms. The van der Waals surface area contributed by atoms with E-state index in [1.807, 2.05) is 12.1 Å². The lowest BCUT2D eigenvalue weighted by Gasteiger charge is -2.08. The molecule has 0 saturated heterocycles. The number of benzene rings is 2. The van der Waals surface area contributed by atoms with Crippen molar-refractivity contribution in [2.45, 2.75) is 6.92 Å². The molecule has 0 amide bonds. The zero-order valence-corrected chi connectivity index (χ0v) is 14.0. The Kier molecular flexibility index (Phi) is 3.42. The minimum absolute atomic E-state index is 0.598. The van der Waals surface area contributed by atoms with Gasteiger partial charge in [0.2, 0.25) is 0 Å². The van der Waals surface area contributed by atoms with Crippen LogP contribution in [0.25, 0.3) is 28.3 Å². The second-order valence-electron chi connectivity index (χ2n) is 5.37. The van der Waals surface area contributed by atoms with Gasteiger partial charge in [0.25, 0.3) is 5.78 Å². The molecule has 0 aliphatic carbocycles. The Morgan fingerprint density at radius 2 is 1.61 bits per heavy atom. The highest BCUT2D eigenvalue weighted by Gasteiger charge is 2.11. The van der Waals surface area contributed by atoms with Crippen molar-refractivity contribution in [3.05, 3.63) is 71.0 Å². The molecule has 0 radical (unpaired) electrons. The Hall–Kier alpha value is -2.53. The van der Waals surface area contributed by atoms with Gasteiger partial charge in [-0.1, -0.05) is 57.9 Å². The molecule has 0 aliphatic heterocycles. The van der Waals surface area contributed by atoms with E-state index in [0.717, 1.165) is 27.0 Å². The van der Waals surface area contributed by atoms with Crippen LogP contribution in [0.4, 0.5) is 0 Å². The highest BCUT2D eigenvalue weighted by atomic mass is 79.9. The van der Waals surface area contributed by atoms with Crippen LogP contribution in [0.3, 0.4) is 0 Å². The Morgan fingerprint density at radius 1 is 0.913 bits per heavy atom. The fourth-order valence-electron chi connectivity index (χ4n) is 2.51. The van der Waals surface area contributed by atoms with Crippen LogP contribution < -0.4 is 0 Å². The highest BCUT2D eigenvalue weighted by Crippen LogP contribution is 2.26. The lowest BCUT2D eigenvalue weighted by Crippen LogP contribution is -1.98. The molecule has 0 fully saturated rings. The molecule has 0 N–H and O–H groups in total. The molecule has 2 heterocycles. The normalized spacial score (nSPS) is 11.0. The van der Waals surface area contributed by atoms with Crippen LogP contribution in [0, 0.1) is 6.92 Å². The van der Waals surface area contributed by atoms with E-state index in [9.17, 15) is 0 Å². The van der Waals surface area contributed by atoms with Gasteiger partial charge in [0.15, 0.2) is 0 Å². The summed E-state index contributed by atoms with van der Waals surface area (Å²) in [4.78, 5) is 8.88. The van der Waals surface area contributed by atoms with Gasteiger partial charge in [-0.15, -0.1) is 0 Å². The van der Waals surface area contributed by atoms with E-state index < -0.39 is 0 Å². The van der Waals surface area contributed by atoms with Crippen LogP contribution in [0.5, 0.6) is 0 Å². The van der Waals surface area contributed by atoms with Crippen molar-refractivity contribution in [3.63, 3.8) is 0 Å². The van der Waals surface area contributed by atoms with Crippen molar-refractivity contribution in [2.24, 2.45) is 0 Å². The first-order valence-corrected chi connectivity index (χ1v) is 8.04. The van der Waals surface area contributed by atoms with E-state index in [1.165, 1.54) is 11.9 Å². The smallest absolute Gasteiger partial charge is 0.211 e. The quantitative estimate of drug-likeness (QED) is 0.524. The maximum absolute atomic E-state index is 4.62. The summed E-state index contributed by atoms with van der Waals surface area (Å²) in [5.74, 6) is 0.598. The Labute approximate surface area is 142 Å². The maximum Gasteiger partial charge on any atom is 0.253 e. The van der Waals surface area contributed by atoms with Gasteiger partial charge in [-0.2, -0.15) is 14.6 Å². The molecule has 0 atom stereocenters. The van der Waals surface area contributed by atoms with Crippen LogP contribution in [0.15, 0.2) is 65.4 Å². The average Bonchev–Trinajstić information content (AvgIpc) is 3.04. The van der Waals surface area contributed by atoms with Gasteiger partial charge in [0, 0.05) is 15.6 Å². The van der Waals surface area contributed by atoms with Gasteiger partial charge < -0.3 is 0 Å². The van der Waals surface area contributed by atoms with Crippen LogP contribution in [-0.4, -0.2) is 19.6 Å². The Morgan fingerprint density at radius 3 is 2.35 bits per heavy atom. The molecule has 4 nitrogen and oxygen atoms in total. The first-order valence-electron chi connectivity index (χ1n) is 7.24. The number of nitrogens with zero attached hydrogens (tertiary/aromatic N) is 4. The molecule has 2 aromatic carbocycles. The third-order valence-electron chi connectivity index (χ3n) is 3.74. The third-order valence-corrected chi connectivity index (χ3v) is 4.27. The monoisotopic (exact) mass is 364 g/mol. The predicted molar refractivity (Wildman–Crippen MR) is 94.1 cm³/mol. The predicted octanol–water partition coefficient (Wildman–Crippen LogP) is 4.53. The van der Waals surface area contributed by atoms with Crippen LogP contribution in [-0.2, 0) is 0 Å². The van der Waals surface area contributed by atoms with Crippen molar-refractivity contribution in [3.8, 4) is 22.5 Å². The second-order valence-corrected chi connectivity index (χ2v) is 6.29. The number of hydrogen-bond acceptors (Lipinski definition) is 3. The van der Waals surface area contributed by atoms with Gasteiger partial charge in [0.1, 0.15) is 6.33 Å². The summed E-state index contributed by atoms with van der Waals surface area (Å²) in [5.41, 5.74) is 5.23. The molecule has 0 aliphatic rings. The van der Waals surface area contributed by atoms with Crippen LogP contribution >= 0.6 is 15.9 Å². The van der Waals surface area contributed by atoms with Gasteiger partial charge in [-0.05, 0) is 25.1 Å². The second kappa shape index (κ2) is 5.59. The summed E-state index contributed by atoms with van der Waals surface area (Å²) in [6.07, 6.45) is 1.53. The molecule has 2 aromatic heterocycles. The third kappa shape index (κ3) is 2.64. The molecular weight excluding hydrogens is 352 g/mol. The molecule has 0 bridgehead atoms. The minimum Gasteiger partial charge on any atom is -0.211 e. The molecule has 112 valence electrons. The van der Waals surface area contributed by atoms with E-state index in [0.29, 0.717) is 5.78 Å². The fourth-order valence-corrected chi connectivity index (χ4v) is 2.78. The summed E-state index contributed by atoms with van der Waals surface area (Å²) in [6.45, 7) is 2.08. The summed E-state index contributed by atoms with van der Waals surface area (Å²) >= 11 is 3.47. The van der Waals surface area contributed by atoms with Crippen molar-refractivity contribution in [2.75, 3.05) is 0 Å². The lowest BCUT2D eigenvalue weighted by atomic mass is 10.1. The van der Waals surface area contributed by atoms with Gasteiger partial charge >= 0.3 is 0 Å². The van der Waals surface area contributed by atoms with Gasteiger partial charge in [0.05, 0.1) is 11.4 Å². The summed E-state index contributed by atoms with van der Waals surface area (Å²) in [7, 11) is 0. The lowest BCUT2D eigenvalue weighted by molar-refractivity contribution is 0.949. The zero-order valence-electron chi connectivity index (χ0n) is 12.4. The average molecular weight is 365 g/mol. The molecule has 23 heavy (non-hydrogen) atoms. The van der Waals surface area contributed by atoms with Crippen molar-refractivity contribution in [1.82, 2.24) is 19.6 Å². The van der Waals surface area contributed by atoms with Gasteiger partial charge in [-0.25, -0.2) is 4.98 Å². The van der Waals surface area contributed by atoms with Crippen molar-refractivity contribution in [1.29, 1.82) is 0 Å². The van der Waals surface area contributed by atoms with Crippen molar-refractivity contribution >= 4 is 21.7 Å². The number of rotatable bonds is 2. The number of halogens is 1. The first-order chi connectivity index (χ1) is 11.2. The highest BCUT2D eigenvalue weighted by molar-refractivity contribution is 9.10. The molecular formula is C18H13BrN4. The summed E-state index contributed by atoms with van der Waals surface area (Å²) < 4.78 is 2.81. The topological polar surface area (TPSA) is 43.1 Å². The Bertz CT molecular complexity index is 972. The number of fused-ring (bicyclic) bond motifs is 1. The van der Waals surface area contributed by atoms with E-state index in [2.05, 4.69) is 80.4 Å². The number of aryl methyl sites for hydroxylation is 1. The standard InChI is InChI=1S/C18H13BrN4/c1-12-2-4-13(5-3-12)16-10-17(14-6-8-15(19)9-7-14)23-18(22-16)20-11-21-23/h2-11H,1H3. The number of hydrogen-bond donors (Lipinski definition) is 0. The van der Waals surface area contributed by atoms with Crippen molar-refractivity contribution < 1.29 is 0 Å². The SMILES string of the molecule is Cc1ccc(-c2cc(-c3ccc(Br)cc3)n3ncnc3n2)cc1. The van der Waals surface area contributed by atoms with E-state index in [4.69, 9.17) is 0 Å². The zero-order chi connectivity index (χ0) is 15.8. The Balaban J connectivity index is 1.94. The summed E-state index contributed by atoms with van der Waals surface area (Å²) in [6, 6.07) is 18.5. The largest absolute Gasteiger partial charge is 0.253 e. The fraction of sp³-hybridized carbons (Fsp3) is 0.0556. The molecule has 4 aromatic rings. The van der Waals surface area contributed by atoms with Crippen LogP contribution in [0.2, 0.25) is 0 Å². The van der Waals surface area contributed by atoms with Crippen LogP contribution in [0.1, 0.15) is 5.56 Å². The van der Waals surface area contributed by atoms with E-state index in [1.54, 1.807) is 4.52 Å². The maximum atomic E-state index is 4.62. The number of aromatic nitrogens is 4.